The van der Waals surface area contributed by atoms with Gasteiger partial charge in [-0.1, -0.05) is 18.2 Å². The maximum Gasteiger partial charge on any atom is 0.200 e. The van der Waals surface area contributed by atoms with E-state index in [1.165, 1.54) is 13.2 Å². The van der Waals surface area contributed by atoms with Crippen LogP contribution in [-0.2, 0) is 10.3 Å². The van der Waals surface area contributed by atoms with E-state index in [4.69, 9.17) is 15.2 Å². The first-order valence-corrected chi connectivity index (χ1v) is 7.71. The first-order chi connectivity index (χ1) is 11.4. The third kappa shape index (κ3) is 3.13. The van der Waals surface area contributed by atoms with Crippen LogP contribution in [0.15, 0.2) is 36.4 Å². The Morgan fingerprint density at radius 1 is 1.25 bits per heavy atom. The lowest BCUT2D eigenvalue weighted by atomic mass is 9.91. The van der Waals surface area contributed by atoms with Crippen molar-refractivity contribution in [1.29, 1.82) is 0 Å². The zero-order chi connectivity index (χ0) is 17.3. The van der Waals surface area contributed by atoms with Crippen LogP contribution < -0.4 is 15.8 Å². The molecule has 2 aromatic rings. The summed E-state index contributed by atoms with van der Waals surface area (Å²) in [5, 5.41) is 3.24. The third-order valence-electron chi connectivity index (χ3n) is 4.24. The number of nitrogens with one attached hydrogen (secondary N) is 1. The van der Waals surface area contributed by atoms with Gasteiger partial charge < -0.3 is 20.5 Å². The van der Waals surface area contributed by atoms with Crippen molar-refractivity contribution >= 4 is 0 Å². The predicted octanol–water partition coefficient (Wildman–Crippen LogP) is 2.76. The fourth-order valence-electron chi connectivity index (χ4n) is 2.95. The van der Waals surface area contributed by atoms with Gasteiger partial charge in [-0.2, -0.15) is 4.39 Å². The molecular formula is C18H20F2N2O2. The van der Waals surface area contributed by atoms with Gasteiger partial charge in [0.05, 0.1) is 7.11 Å². The molecule has 4 nitrogen and oxygen atoms in total. The number of methoxy groups -OCH3 is 1. The van der Waals surface area contributed by atoms with Gasteiger partial charge in [-0.15, -0.1) is 0 Å². The molecule has 24 heavy (non-hydrogen) atoms. The van der Waals surface area contributed by atoms with E-state index in [-0.39, 0.29) is 5.75 Å². The zero-order valence-corrected chi connectivity index (χ0v) is 13.6. The van der Waals surface area contributed by atoms with Crippen LogP contribution in [0.25, 0.3) is 11.1 Å². The topological polar surface area (TPSA) is 56.5 Å². The van der Waals surface area contributed by atoms with Gasteiger partial charge in [0.15, 0.2) is 11.6 Å². The minimum Gasteiger partial charge on any atom is -0.494 e. The predicted molar refractivity (Wildman–Crippen MR) is 87.6 cm³/mol. The van der Waals surface area contributed by atoms with Crippen LogP contribution in [0, 0.1) is 11.6 Å². The number of benzene rings is 2. The molecule has 1 aliphatic rings. The molecule has 1 heterocycles. The molecule has 2 unspecified atom stereocenters. The smallest absolute Gasteiger partial charge is 0.200 e. The van der Waals surface area contributed by atoms with E-state index in [9.17, 15) is 8.78 Å². The number of ether oxygens (including phenoxy) is 2. The lowest BCUT2D eigenvalue weighted by Gasteiger charge is -2.38. The van der Waals surface area contributed by atoms with E-state index in [0.29, 0.717) is 18.7 Å². The van der Waals surface area contributed by atoms with Gasteiger partial charge in [0.25, 0.3) is 0 Å². The molecule has 1 fully saturated rings. The second-order valence-electron chi connectivity index (χ2n) is 6.07. The average molecular weight is 334 g/mol. The summed E-state index contributed by atoms with van der Waals surface area (Å²) in [4.78, 5) is 0. The Morgan fingerprint density at radius 2 is 2.04 bits per heavy atom. The molecule has 2 atom stereocenters. The summed E-state index contributed by atoms with van der Waals surface area (Å²) in [6, 6.07) is 10.1. The summed E-state index contributed by atoms with van der Waals surface area (Å²) in [7, 11) is 1.31. The quantitative estimate of drug-likeness (QED) is 0.906. The highest BCUT2D eigenvalue weighted by molar-refractivity contribution is 5.66. The van der Waals surface area contributed by atoms with E-state index in [1.807, 2.05) is 31.2 Å². The minimum absolute atomic E-state index is 0.126. The Hall–Kier alpha value is -2.02. The van der Waals surface area contributed by atoms with E-state index in [1.54, 1.807) is 0 Å². The van der Waals surface area contributed by atoms with Gasteiger partial charge in [0.1, 0.15) is 11.8 Å². The van der Waals surface area contributed by atoms with Crippen LogP contribution in [0.1, 0.15) is 12.5 Å². The SMILES string of the molecule is COc1cc(-c2cccc(C3(C)CNCC(N)O3)c2)cc(F)c1F. The van der Waals surface area contributed by atoms with Crippen molar-refractivity contribution in [3.05, 3.63) is 53.6 Å². The fourth-order valence-corrected chi connectivity index (χ4v) is 2.95. The van der Waals surface area contributed by atoms with Crippen molar-refractivity contribution in [3.63, 3.8) is 0 Å². The molecule has 1 saturated heterocycles. The zero-order valence-electron chi connectivity index (χ0n) is 13.6. The van der Waals surface area contributed by atoms with E-state index in [2.05, 4.69) is 5.32 Å². The molecule has 0 saturated carbocycles. The molecule has 3 N–H and O–H groups in total. The number of morpholine rings is 1. The van der Waals surface area contributed by atoms with Crippen LogP contribution in [0.4, 0.5) is 8.78 Å². The average Bonchev–Trinajstić information content (AvgIpc) is 2.57. The van der Waals surface area contributed by atoms with Crippen molar-refractivity contribution < 1.29 is 18.3 Å². The standard InChI is InChI=1S/C18H20F2N2O2/c1-18(10-22-9-16(21)24-18)13-5-3-4-11(6-13)12-7-14(19)17(20)15(8-12)23-2/h3-8,16,22H,9-10,21H2,1-2H3. The maximum atomic E-state index is 13.8. The Labute approximate surface area is 139 Å². The molecule has 0 amide bonds. The van der Waals surface area contributed by atoms with Gasteiger partial charge in [-0.3, -0.25) is 0 Å². The Kier molecular flexibility index (Phi) is 4.54. The molecule has 3 rings (SSSR count). The van der Waals surface area contributed by atoms with E-state index >= 15 is 0 Å². The molecule has 2 aromatic carbocycles. The number of rotatable bonds is 3. The molecule has 0 aromatic heterocycles. The van der Waals surface area contributed by atoms with Crippen molar-refractivity contribution in [1.82, 2.24) is 5.32 Å². The highest BCUT2D eigenvalue weighted by Gasteiger charge is 2.33. The Bertz CT molecular complexity index is 754. The fraction of sp³-hybridized carbons (Fsp3) is 0.333. The van der Waals surface area contributed by atoms with Gasteiger partial charge >= 0.3 is 0 Å². The Balaban J connectivity index is 2.01. The number of hydrogen-bond acceptors (Lipinski definition) is 4. The molecule has 0 radical (unpaired) electrons. The van der Waals surface area contributed by atoms with Crippen LogP contribution in [0.3, 0.4) is 0 Å². The van der Waals surface area contributed by atoms with E-state index in [0.717, 1.165) is 17.2 Å². The summed E-state index contributed by atoms with van der Waals surface area (Å²) in [5.74, 6) is -2.06. The van der Waals surface area contributed by atoms with Crippen molar-refractivity contribution in [2.24, 2.45) is 5.73 Å². The summed E-state index contributed by atoms with van der Waals surface area (Å²) in [5.41, 5.74) is 7.48. The normalized spacial score (nSPS) is 24.0. The number of hydrogen-bond donors (Lipinski definition) is 2. The molecular weight excluding hydrogens is 314 g/mol. The third-order valence-corrected chi connectivity index (χ3v) is 4.24. The van der Waals surface area contributed by atoms with Gasteiger partial charge in [0, 0.05) is 13.1 Å². The maximum absolute atomic E-state index is 13.8. The molecule has 1 aliphatic heterocycles. The summed E-state index contributed by atoms with van der Waals surface area (Å²) in [6.07, 6.45) is -0.393. The van der Waals surface area contributed by atoms with Crippen molar-refractivity contribution in [3.8, 4) is 16.9 Å². The molecule has 0 spiro atoms. The molecule has 0 bridgehead atoms. The largest absolute Gasteiger partial charge is 0.494 e. The van der Waals surface area contributed by atoms with Crippen LogP contribution in [0.2, 0.25) is 0 Å². The van der Waals surface area contributed by atoms with Gasteiger partial charge in [-0.05, 0) is 41.8 Å². The molecule has 6 heteroatoms. The van der Waals surface area contributed by atoms with Crippen LogP contribution in [0.5, 0.6) is 5.75 Å². The Morgan fingerprint density at radius 3 is 2.75 bits per heavy atom. The van der Waals surface area contributed by atoms with Crippen LogP contribution in [-0.4, -0.2) is 26.4 Å². The first-order valence-electron chi connectivity index (χ1n) is 7.71. The van der Waals surface area contributed by atoms with Crippen molar-refractivity contribution in [2.45, 2.75) is 18.8 Å². The number of halogens is 2. The lowest BCUT2D eigenvalue weighted by Crippen LogP contribution is -2.53. The van der Waals surface area contributed by atoms with Crippen LogP contribution >= 0.6 is 0 Å². The van der Waals surface area contributed by atoms with Crippen molar-refractivity contribution in [2.75, 3.05) is 20.2 Å². The second-order valence-corrected chi connectivity index (χ2v) is 6.07. The van der Waals surface area contributed by atoms with E-state index < -0.39 is 23.5 Å². The minimum atomic E-state index is -0.991. The molecule has 0 aliphatic carbocycles. The highest BCUT2D eigenvalue weighted by atomic mass is 19.2. The summed E-state index contributed by atoms with van der Waals surface area (Å²) < 4.78 is 38.2. The summed E-state index contributed by atoms with van der Waals surface area (Å²) in [6.45, 7) is 3.16. The van der Waals surface area contributed by atoms with Gasteiger partial charge in [-0.25, -0.2) is 4.39 Å². The second kappa shape index (κ2) is 6.47. The lowest BCUT2D eigenvalue weighted by molar-refractivity contribution is -0.107. The number of nitrogens with two attached hydrogens (primary N) is 1. The molecule has 128 valence electrons. The first kappa shape index (κ1) is 16.8. The van der Waals surface area contributed by atoms with Gasteiger partial charge in [0.2, 0.25) is 5.82 Å². The summed E-state index contributed by atoms with van der Waals surface area (Å²) >= 11 is 0. The monoisotopic (exact) mass is 334 g/mol. The highest BCUT2D eigenvalue weighted by Crippen LogP contribution is 2.33.